The topological polar surface area (TPSA) is 26.3 Å². The van der Waals surface area contributed by atoms with Crippen LogP contribution in [0.25, 0.3) is 0 Å². The Morgan fingerprint density at radius 2 is 1.65 bits per heavy atom. The van der Waals surface area contributed by atoms with Crippen LogP contribution in [-0.2, 0) is 4.74 Å². The number of benzene rings is 2. The molecule has 104 valence electrons. The van der Waals surface area contributed by atoms with Gasteiger partial charge in [-0.25, -0.2) is 8.78 Å². The molecule has 2 aromatic carbocycles. The summed E-state index contributed by atoms with van der Waals surface area (Å²) in [4.78, 5) is 12.4. The smallest absolute Gasteiger partial charge is 0.202 e. The molecular weight excluding hydrogens is 262 g/mol. The van der Waals surface area contributed by atoms with Crippen LogP contribution in [0.5, 0.6) is 0 Å². The van der Waals surface area contributed by atoms with Crippen LogP contribution in [0.15, 0.2) is 48.5 Å². The molecule has 0 amide bonds. The van der Waals surface area contributed by atoms with Crippen LogP contribution in [0.2, 0.25) is 0 Å². The first-order valence-corrected chi connectivity index (χ1v) is 6.30. The number of ether oxygens (including phenoxy) is 1. The van der Waals surface area contributed by atoms with E-state index in [-0.39, 0.29) is 6.61 Å². The average Bonchev–Trinajstić information content (AvgIpc) is 2.45. The predicted octanol–water partition coefficient (Wildman–Crippen LogP) is 3.93. The predicted molar refractivity (Wildman–Crippen MR) is 71.5 cm³/mol. The van der Waals surface area contributed by atoms with Crippen LogP contribution in [0.3, 0.4) is 0 Å². The Morgan fingerprint density at radius 3 is 2.20 bits per heavy atom. The van der Waals surface area contributed by atoms with E-state index in [0.717, 1.165) is 12.1 Å². The summed E-state index contributed by atoms with van der Waals surface area (Å²) < 4.78 is 32.8. The quantitative estimate of drug-likeness (QED) is 0.773. The molecule has 1 unspecified atom stereocenters. The zero-order valence-corrected chi connectivity index (χ0v) is 11.0. The minimum Gasteiger partial charge on any atom is -0.366 e. The van der Waals surface area contributed by atoms with E-state index in [2.05, 4.69) is 0 Å². The minimum absolute atomic E-state index is 0.265. The second-order valence-electron chi connectivity index (χ2n) is 4.21. The van der Waals surface area contributed by atoms with Gasteiger partial charge in [-0.1, -0.05) is 36.4 Å². The third-order valence-corrected chi connectivity index (χ3v) is 2.88. The Balaban J connectivity index is 2.42. The number of Topliss-reactive ketones (excluding diaryl/α,β-unsaturated/α-hetero) is 1. The van der Waals surface area contributed by atoms with E-state index in [1.54, 1.807) is 37.3 Å². The van der Waals surface area contributed by atoms with Crippen LogP contribution < -0.4 is 0 Å². The fraction of sp³-hybridized carbons (Fsp3) is 0.188. The maximum atomic E-state index is 13.7. The van der Waals surface area contributed by atoms with Crippen molar-refractivity contribution in [1.29, 1.82) is 0 Å². The van der Waals surface area contributed by atoms with Crippen LogP contribution in [0.1, 0.15) is 28.9 Å². The highest BCUT2D eigenvalue weighted by molar-refractivity contribution is 6.00. The molecule has 0 aliphatic heterocycles. The van der Waals surface area contributed by atoms with E-state index in [4.69, 9.17) is 4.74 Å². The molecule has 0 N–H and O–H groups in total. The Labute approximate surface area is 116 Å². The fourth-order valence-corrected chi connectivity index (χ4v) is 1.98. The lowest BCUT2D eigenvalue weighted by Crippen LogP contribution is -2.19. The molecule has 4 heteroatoms. The van der Waals surface area contributed by atoms with Gasteiger partial charge in [-0.3, -0.25) is 4.79 Å². The van der Waals surface area contributed by atoms with Gasteiger partial charge in [0.1, 0.15) is 17.7 Å². The summed E-state index contributed by atoms with van der Waals surface area (Å²) in [5, 5.41) is 0. The number of carbonyl (C=O) groups is 1. The zero-order valence-electron chi connectivity index (χ0n) is 11.0. The summed E-state index contributed by atoms with van der Waals surface area (Å²) >= 11 is 0. The molecule has 0 fully saturated rings. The van der Waals surface area contributed by atoms with E-state index in [1.807, 2.05) is 0 Å². The van der Waals surface area contributed by atoms with Gasteiger partial charge in [0, 0.05) is 6.61 Å². The van der Waals surface area contributed by atoms with E-state index in [1.165, 1.54) is 6.07 Å². The van der Waals surface area contributed by atoms with Crippen molar-refractivity contribution in [2.75, 3.05) is 6.61 Å². The van der Waals surface area contributed by atoms with Crippen LogP contribution >= 0.6 is 0 Å². The first-order valence-electron chi connectivity index (χ1n) is 6.30. The molecule has 0 heterocycles. The molecule has 2 aromatic rings. The lowest BCUT2D eigenvalue weighted by atomic mass is 9.99. The molecule has 1 atom stereocenters. The van der Waals surface area contributed by atoms with Crippen molar-refractivity contribution in [2.24, 2.45) is 0 Å². The highest BCUT2D eigenvalue weighted by Crippen LogP contribution is 2.25. The van der Waals surface area contributed by atoms with E-state index in [9.17, 15) is 13.6 Å². The van der Waals surface area contributed by atoms with E-state index in [0.29, 0.717) is 5.56 Å². The minimum atomic E-state index is -1.01. The molecule has 20 heavy (non-hydrogen) atoms. The third-order valence-electron chi connectivity index (χ3n) is 2.88. The Bertz CT molecular complexity index is 576. The standard InChI is InChI=1S/C16H14F2O2/c1-2-20-16(11-7-4-3-5-8-11)15(19)14-12(17)9-6-10-13(14)18/h3-10,16H,2H2,1H3. The largest absolute Gasteiger partial charge is 0.366 e. The summed E-state index contributed by atoms with van der Waals surface area (Å²) in [5.74, 6) is -2.47. The molecule has 0 radical (unpaired) electrons. The van der Waals surface area contributed by atoms with Gasteiger partial charge in [-0.2, -0.15) is 0 Å². The molecule has 0 saturated heterocycles. The average molecular weight is 276 g/mol. The van der Waals surface area contributed by atoms with E-state index < -0.39 is 29.1 Å². The van der Waals surface area contributed by atoms with Gasteiger partial charge in [0.15, 0.2) is 0 Å². The fourth-order valence-electron chi connectivity index (χ4n) is 1.98. The summed E-state index contributed by atoms with van der Waals surface area (Å²) in [6.07, 6.45) is -1.01. The summed E-state index contributed by atoms with van der Waals surface area (Å²) in [6.45, 7) is 1.99. The second kappa shape index (κ2) is 6.39. The number of hydrogen-bond donors (Lipinski definition) is 0. The lowest BCUT2D eigenvalue weighted by molar-refractivity contribution is 0.0445. The highest BCUT2D eigenvalue weighted by Gasteiger charge is 2.27. The molecule has 0 saturated carbocycles. The van der Waals surface area contributed by atoms with Gasteiger partial charge >= 0.3 is 0 Å². The van der Waals surface area contributed by atoms with Crippen molar-refractivity contribution in [3.05, 3.63) is 71.3 Å². The molecule has 0 aliphatic carbocycles. The van der Waals surface area contributed by atoms with Crippen molar-refractivity contribution in [3.63, 3.8) is 0 Å². The highest BCUT2D eigenvalue weighted by atomic mass is 19.1. The summed E-state index contributed by atoms with van der Waals surface area (Å²) in [5.41, 5.74) is 0.0109. The molecule has 0 bridgehead atoms. The van der Waals surface area contributed by atoms with Crippen molar-refractivity contribution in [2.45, 2.75) is 13.0 Å². The van der Waals surface area contributed by atoms with Gasteiger partial charge in [0.25, 0.3) is 0 Å². The van der Waals surface area contributed by atoms with Crippen molar-refractivity contribution >= 4 is 5.78 Å². The van der Waals surface area contributed by atoms with E-state index >= 15 is 0 Å². The summed E-state index contributed by atoms with van der Waals surface area (Å²) in [7, 11) is 0. The van der Waals surface area contributed by atoms with Gasteiger partial charge in [0.05, 0.1) is 5.56 Å². The Hall–Kier alpha value is -2.07. The van der Waals surface area contributed by atoms with Crippen molar-refractivity contribution < 1.29 is 18.3 Å². The molecule has 0 spiro atoms. The zero-order chi connectivity index (χ0) is 14.5. The third kappa shape index (κ3) is 2.91. The second-order valence-corrected chi connectivity index (χ2v) is 4.21. The van der Waals surface area contributed by atoms with Gasteiger partial charge in [-0.05, 0) is 24.6 Å². The van der Waals surface area contributed by atoms with Crippen LogP contribution in [0.4, 0.5) is 8.78 Å². The number of hydrogen-bond acceptors (Lipinski definition) is 2. The Morgan fingerprint density at radius 1 is 1.05 bits per heavy atom. The van der Waals surface area contributed by atoms with Crippen molar-refractivity contribution in [3.8, 4) is 0 Å². The molecule has 2 nitrogen and oxygen atoms in total. The molecular formula is C16H14F2O2. The van der Waals surface area contributed by atoms with Gasteiger partial charge in [-0.15, -0.1) is 0 Å². The maximum Gasteiger partial charge on any atom is 0.202 e. The normalized spacial score (nSPS) is 12.2. The first-order chi connectivity index (χ1) is 9.65. The van der Waals surface area contributed by atoms with Crippen LogP contribution in [0, 0.1) is 11.6 Å². The van der Waals surface area contributed by atoms with Crippen LogP contribution in [-0.4, -0.2) is 12.4 Å². The number of rotatable bonds is 5. The Kier molecular flexibility index (Phi) is 4.58. The maximum absolute atomic E-state index is 13.7. The van der Waals surface area contributed by atoms with Gasteiger partial charge < -0.3 is 4.74 Å². The molecule has 0 aliphatic rings. The number of carbonyl (C=O) groups excluding carboxylic acids is 1. The van der Waals surface area contributed by atoms with Gasteiger partial charge in [0.2, 0.25) is 5.78 Å². The number of ketones is 1. The molecule has 2 rings (SSSR count). The lowest BCUT2D eigenvalue weighted by Gasteiger charge is -2.17. The number of halogens is 2. The monoisotopic (exact) mass is 276 g/mol. The SMILES string of the molecule is CCOC(C(=O)c1c(F)cccc1F)c1ccccc1. The first kappa shape index (κ1) is 14.3. The van der Waals surface area contributed by atoms with Crippen molar-refractivity contribution in [1.82, 2.24) is 0 Å². The summed E-state index contributed by atoms with van der Waals surface area (Å²) in [6, 6.07) is 12.0. The molecule has 0 aromatic heterocycles.